The fourth-order valence-electron chi connectivity index (χ4n) is 1.93. The summed E-state index contributed by atoms with van der Waals surface area (Å²) >= 11 is 5.90. The minimum Gasteiger partial charge on any atom is -0.497 e. The van der Waals surface area contributed by atoms with E-state index in [1.54, 1.807) is 13.3 Å². The summed E-state index contributed by atoms with van der Waals surface area (Å²) in [7, 11) is 1.64. The van der Waals surface area contributed by atoms with Gasteiger partial charge < -0.3 is 10.1 Å². The average molecular weight is 290 g/mol. The Kier molecular flexibility index (Phi) is 3.15. The van der Waals surface area contributed by atoms with Crippen molar-refractivity contribution in [3.63, 3.8) is 0 Å². The van der Waals surface area contributed by atoms with Gasteiger partial charge >= 0.3 is 0 Å². The van der Waals surface area contributed by atoms with Gasteiger partial charge in [0.25, 0.3) is 0 Å². The SMILES string of the molecule is COc1ccc(Nc2nc(Cl)nc3[nH]ncc23)c(C)c1. The van der Waals surface area contributed by atoms with Gasteiger partial charge in [0.1, 0.15) is 11.6 Å². The van der Waals surface area contributed by atoms with Gasteiger partial charge in [-0.25, -0.2) is 0 Å². The highest BCUT2D eigenvalue weighted by Crippen LogP contribution is 2.27. The molecular formula is C13H12ClN5O. The highest BCUT2D eigenvalue weighted by Gasteiger charge is 2.10. The number of halogens is 1. The molecule has 0 aliphatic heterocycles. The summed E-state index contributed by atoms with van der Waals surface area (Å²) in [6, 6.07) is 5.75. The number of hydrogen-bond acceptors (Lipinski definition) is 5. The van der Waals surface area contributed by atoms with Gasteiger partial charge in [-0.1, -0.05) is 0 Å². The first kappa shape index (κ1) is 12.7. The largest absolute Gasteiger partial charge is 0.497 e. The van der Waals surface area contributed by atoms with Crippen LogP contribution >= 0.6 is 11.6 Å². The number of nitrogens with one attached hydrogen (secondary N) is 2. The van der Waals surface area contributed by atoms with Crippen LogP contribution in [0.25, 0.3) is 11.0 Å². The van der Waals surface area contributed by atoms with E-state index in [0.717, 1.165) is 22.4 Å². The first-order chi connectivity index (χ1) is 9.67. The van der Waals surface area contributed by atoms with Crippen LogP contribution in [-0.4, -0.2) is 27.3 Å². The van der Waals surface area contributed by atoms with Crippen molar-refractivity contribution in [2.24, 2.45) is 0 Å². The molecule has 0 bridgehead atoms. The van der Waals surface area contributed by atoms with Crippen LogP contribution in [0.4, 0.5) is 11.5 Å². The molecule has 20 heavy (non-hydrogen) atoms. The normalized spacial score (nSPS) is 10.8. The molecule has 0 aliphatic rings. The summed E-state index contributed by atoms with van der Waals surface area (Å²) in [5.74, 6) is 1.42. The molecule has 0 atom stereocenters. The Labute approximate surface area is 120 Å². The second-order valence-electron chi connectivity index (χ2n) is 4.28. The third-order valence-electron chi connectivity index (χ3n) is 2.97. The van der Waals surface area contributed by atoms with Gasteiger partial charge in [-0.05, 0) is 42.3 Å². The summed E-state index contributed by atoms with van der Waals surface area (Å²) in [4.78, 5) is 8.27. The van der Waals surface area contributed by atoms with Gasteiger partial charge in [-0.3, -0.25) is 5.10 Å². The minimum absolute atomic E-state index is 0.162. The maximum Gasteiger partial charge on any atom is 0.226 e. The van der Waals surface area contributed by atoms with Crippen molar-refractivity contribution < 1.29 is 4.74 Å². The molecule has 0 aliphatic carbocycles. The van der Waals surface area contributed by atoms with E-state index in [9.17, 15) is 0 Å². The fraction of sp³-hybridized carbons (Fsp3) is 0.154. The molecule has 7 heteroatoms. The number of hydrogen-bond donors (Lipinski definition) is 2. The van der Waals surface area contributed by atoms with Gasteiger partial charge in [0.15, 0.2) is 5.65 Å². The summed E-state index contributed by atoms with van der Waals surface area (Å²) in [6.07, 6.45) is 1.66. The lowest BCUT2D eigenvalue weighted by Gasteiger charge is -2.11. The molecule has 0 saturated carbocycles. The quantitative estimate of drug-likeness (QED) is 0.725. The van der Waals surface area contributed by atoms with E-state index >= 15 is 0 Å². The van der Waals surface area contributed by atoms with Crippen molar-refractivity contribution >= 4 is 34.1 Å². The number of ether oxygens (including phenoxy) is 1. The van der Waals surface area contributed by atoms with Crippen LogP contribution in [0.3, 0.4) is 0 Å². The summed E-state index contributed by atoms with van der Waals surface area (Å²) < 4.78 is 5.19. The maximum absolute atomic E-state index is 5.90. The number of methoxy groups -OCH3 is 1. The van der Waals surface area contributed by atoms with Crippen LogP contribution in [0.5, 0.6) is 5.75 Å². The molecule has 0 saturated heterocycles. The Balaban J connectivity index is 2.03. The number of aromatic amines is 1. The number of rotatable bonds is 3. The van der Waals surface area contributed by atoms with Crippen molar-refractivity contribution in [1.82, 2.24) is 20.2 Å². The maximum atomic E-state index is 5.90. The van der Waals surface area contributed by atoms with Crippen LogP contribution in [0, 0.1) is 6.92 Å². The van der Waals surface area contributed by atoms with E-state index in [2.05, 4.69) is 25.5 Å². The topological polar surface area (TPSA) is 75.7 Å². The zero-order chi connectivity index (χ0) is 14.1. The number of fused-ring (bicyclic) bond motifs is 1. The molecule has 3 rings (SSSR count). The molecule has 1 aromatic carbocycles. The van der Waals surface area contributed by atoms with E-state index in [0.29, 0.717) is 11.5 Å². The molecule has 2 aromatic heterocycles. The predicted octanol–water partition coefficient (Wildman–Crippen LogP) is 3.07. The third-order valence-corrected chi connectivity index (χ3v) is 3.14. The van der Waals surface area contributed by atoms with Crippen LogP contribution in [0.15, 0.2) is 24.4 Å². The number of anilines is 2. The molecule has 102 valence electrons. The van der Waals surface area contributed by atoms with Crippen molar-refractivity contribution in [2.75, 3.05) is 12.4 Å². The molecule has 0 radical (unpaired) electrons. The number of aromatic nitrogens is 4. The lowest BCUT2D eigenvalue weighted by Crippen LogP contribution is -1.98. The van der Waals surface area contributed by atoms with E-state index in [1.165, 1.54) is 0 Å². The lowest BCUT2D eigenvalue weighted by molar-refractivity contribution is 0.414. The van der Waals surface area contributed by atoms with Crippen LogP contribution in [0.2, 0.25) is 5.28 Å². The average Bonchev–Trinajstić information content (AvgIpc) is 2.89. The first-order valence-electron chi connectivity index (χ1n) is 5.95. The van der Waals surface area contributed by atoms with Gasteiger partial charge in [-0.15, -0.1) is 0 Å². The van der Waals surface area contributed by atoms with Gasteiger partial charge in [0, 0.05) is 5.69 Å². The van der Waals surface area contributed by atoms with Crippen LogP contribution < -0.4 is 10.1 Å². The molecular weight excluding hydrogens is 278 g/mol. The molecule has 2 N–H and O–H groups in total. The molecule has 3 aromatic rings. The molecule has 0 fully saturated rings. The highest BCUT2D eigenvalue weighted by molar-refractivity contribution is 6.28. The van der Waals surface area contributed by atoms with E-state index in [4.69, 9.17) is 16.3 Å². The van der Waals surface area contributed by atoms with Crippen molar-refractivity contribution in [1.29, 1.82) is 0 Å². The lowest BCUT2D eigenvalue weighted by atomic mass is 10.2. The highest BCUT2D eigenvalue weighted by atomic mass is 35.5. The molecule has 0 unspecified atom stereocenters. The Hall–Kier alpha value is -2.34. The second kappa shape index (κ2) is 4.97. The zero-order valence-electron chi connectivity index (χ0n) is 10.9. The van der Waals surface area contributed by atoms with Crippen LogP contribution in [-0.2, 0) is 0 Å². The monoisotopic (exact) mass is 289 g/mol. The summed E-state index contributed by atoms with van der Waals surface area (Å²) in [6.45, 7) is 1.99. The Bertz CT molecular complexity index is 771. The van der Waals surface area contributed by atoms with Gasteiger partial charge in [0.05, 0.1) is 18.7 Å². The standard InChI is InChI=1S/C13H12ClN5O/c1-7-5-8(20-2)3-4-10(7)16-11-9-6-15-19-12(9)18-13(14)17-11/h3-6H,1-2H3,(H2,15,16,17,18,19). The molecule has 0 spiro atoms. The molecule has 6 nitrogen and oxygen atoms in total. The van der Waals surface area contributed by atoms with E-state index in [1.807, 2.05) is 25.1 Å². The first-order valence-corrected chi connectivity index (χ1v) is 6.33. The van der Waals surface area contributed by atoms with E-state index in [-0.39, 0.29) is 5.28 Å². The van der Waals surface area contributed by atoms with E-state index < -0.39 is 0 Å². The smallest absolute Gasteiger partial charge is 0.226 e. The number of H-pyrrole nitrogens is 1. The fourth-order valence-corrected chi connectivity index (χ4v) is 2.10. The number of aryl methyl sites for hydroxylation is 1. The summed E-state index contributed by atoms with van der Waals surface area (Å²) in [5, 5.41) is 10.9. The minimum atomic E-state index is 0.162. The third kappa shape index (κ3) is 2.25. The Morgan fingerprint density at radius 3 is 2.90 bits per heavy atom. The Morgan fingerprint density at radius 1 is 1.30 bits per heavy atom. The van der Waals surface area contributed by atoms with Gasteiger partial charge in [-0.2, -0.15) is 15.1 Å². The second-order valence-corrected chi connectivity index (χ2v) is 4.62. The number of benzene rings is 1. The zero-order valence-corrected chi connectivity index (χ0v) is 11.7. The Morgan fingerprint density at radius 2 is 2.15 bits per heavy atom. The predicted molar refractivity (Wildman–Crippen MR) is 77.7 cm³/mol. The van der Waals surface area contributed by atoms with Crippen LogP contribution in [0.1, 0.15) is 5.56 Å². The van der Waals surface area contributed by atoms with Crippen molar-refractivity contribution in [2.45, 2.75) is 6.92 Å². The summed E-state index contributed by atoms with van der Waals surface area (Å²) in [5.41, 5.74) is 2.55. The molecule has 2 heterocycles. The molecule has 0 amide bonds. The van der Waals surface area contributed by atoms with Gasteiger partial charge in [0.2, 0.25) is 5.28 Å². The number of nitrogens with zero attached hydrogens (tertiary/aromatic N) is 3. The van der Waals surface area contributed by atoms with Crippen molar-refractivity contribution in [3.8, 4) is 5.75 Å². The van der Waals surface area contributed by atoms with Crippen molar-refractivity contribution in [3.05, 3.63) is 35.2 Å².